The third-order valence-corrected chi connectivity index (χ3v) is 5.00. The number of hydrogen-bond acceptors (Lipinski definition) is 3. The summed E-state index contributed by atoms with van der Waals surface area (Å²) in [7, 11) is 0. The van der Waals surface area contributed by atoms with Gasteiger partial charge in [0, 0.05) is 10.2 Å². The molecule has 0 spiro atoms. The van der Waals surface area contributed by atoms with Gasteiger partial charge < -0.3 is 15.4 Å². The van der Waals surface area contributed by atoms with Crippen LogP contribution >= 0.6 is 15.9 Å². The predicted octanol–water partition coefficient (Wildman–Crippen LogP) is 3.56. The Kier molecular flexibility index (Phi) is 4.71. The summed E-state index contributed by atoms with van der Waals surface area (Å²) in [6.45, 7) is 1.73. The van der Waals surface area contributed by atoms with Crippen LogP contribution in [0.25, 0.3) is 0 Å². The number of nitrogens with one attached hydrogen (secondary N) is 2. The number of ether oxygens (including phenoxy) is 1. The van der Waals surface area contributed by atoms with E-state index in [1.807, 2.05) is 24.3 Å². The Morgan fingerprint density at radius 2 is 1.96 bits per heavy atom. The summed E-state index contributed by atoms with van der Waals surface area (Å²) in [5.74, 6) is -0.359. The maximum absolute atomic E-state index is 12.7. The van der Waals surface area contributed by atoms with Gasteiger partial charge in [-0.1, -0.05) is 34.1 Å². The van der Waals surface area contributed by atoms with Gasteiger partial charge in [0.1, 0.15) is 6.10 Å². The standard InChI is InChI=1S/C17H19BrN2O3/c1-10-14(16(21)23-11-6-2-3-7-11)15(20-17(22)19-10)12-8-4-5-9-13(12)18/h4-5,8-9,11,15H,2-3,6-7H2,1H3,(H2,19,20,22)/t15-/m1/s1. The molecule has 122 valence electrons. The summed E-state index contributed by atoms with van der Waals surface area (Å²) >= 11 is 3.49. The maximum atomic E-state index is 12.7. The molecule has 1 atom stereocenters. The minimum absolute atomic E-state index is 0.0136. The van der Waals surface area contributed by atoms with E-state index in [2.05, 4.69) is 26.6 Å². The number of benzene rings is 1. The third-order valence-electron chi connectivity index (χ3n) is 4.28. The maximum Gasteiger partial charge on any atom is 0.338 e. The summed E-state index contributed by atoms with van der Waals surface area (Å²) in [4.78, 5) is 24.5. The molecule has 2 amide bonds. The number of allylic oxidation sites excluding steroid dienone is 1. The lowest BCUT2D eigenvalue weighted by molar-refractivity contribution is -0.144. The summed E-state index contributed by atoms with van der Waals surface area (Å²) < 4.78 is 6.48. The number of esters is 1. The molecular weight excluding hydrogens is 360 g/mol. The van der Waals surface area contributed by atoms with Gasteiger partial charge >= 0.3 is 12.0 Å². The van der Waals surface area contributed by atoms with E-state index in [1.165, 1.54) is 0 Å². The Balaban J connectivity index is 1.92. The van der Waals surface area contributed by atoms with Crippen molar-refractivity contribution in [1.82, 2.24) is 10.6 Å². The van der Waals surface area contributed by atoms with Crippen molar-refractivity contribution in [3.8, 4) is 0 Å². The first-order valence-corrected chi connectivity index (χ1v) is 8.59. The van der Waals surface area contributed by atoms with E-state index >= 15 is 0 Å². The summed E-state index contributed by atoms with van der Waals surface area (Å²) in [5.41, 5.74) is 1.83. The first-order chi connectivity index (χ1) is 11.1. The zero-order valence-electron chi connectivity index (χ0n) is 12.9. The fourth-order valence-electron chi connectivity index (χ4n) is 3.13. The first-order valence-electron chi connectivity index (χ1n) is 7.80. The highest BCUT2D eigenvalue weighted by molar-refractivity contribution is 9.10. The van der Waals surface area contributed by atoms with Gasteiger partial charge in [0.25, 0.3) is 0 Å². The van der Waals surface area contributed by atoms with E-state index in [0.29, 0.717) is 11.3 Å². The van der Waals surface area contributed by atoms with Crippen LogP contribution in [0.4, 0.5) is 4.79 Å². The van der Waals surface area contributed by atoms with Gasteiger partial charge in [-0.15, -0.1) is 0 Å². The Labute approximate surface area is 143 Å². The number of halogens is 1. The van der Waals surface area contributed by atoms with Crippen LogP contribution in [0.15, 0.2) is 40.0 Å². The van der Waals surface area contributed by atoms with Gasteiger partial charge in [0.15, 0.2) is 0 Å². The lowest BCUT2D eigenvalue weighted by Gasteiger charge is -2.29. The lowest BCUT2D eigenvalue weighted by atomic mass is 9.95. The van der Waals surface area contributed by atoms with Crippen molar-refractivity contribution >= 4 is 27.9 Å². The molecule has 23 heavy (non-hydrogen) atoms. The Bertz CT molecular complexity index is 666. The molecule has 1 aliphatic carbocycles. The third kappa shape index (κ3) is 3.42. The van der Waals surface area contributed by atoms with Crippen molar-refractivity contribution in [3.05, 3.63) is 45.6 Å². The van der Waals surface area contributed by atoms with Crippen LogP contribution < -0.4 is 10.6 Å². The molecule has 0 bridgehead atoms. The number of amides is 2. The smallest absolute Gasteiger partial charge is 0.338 e. The normalized spacial score (nSPS) is 21.8. The largest absolute Gasteiger partial charge is 0.459 e. The number of hydrogen-bond donors (Lipinski definition) is 2. The molecule has 0 aromatic heterocycles. The summed E-state index contributed by atoms with van der Waals surface area (Å²) in [5, 5.41) is 5.49. The van der Waals surface area contributed by atoms with Crippen LogP contribution in [0.2, 0.25) is 0 Å². The Hall–Kier alpha value is -1.82. The second-order valence-corrected chi connectivity index (χ2v) is 6.76. The molecule has 1 aromatic carbocycles. The number of carbonyl (C=O) groups is 2. The lowest BCUT2D eigenvalue weighted by Crippen LogP contribution is -2.45. The topological polar surface area (TPSA) is 67.4 Å². The van der Waals surface area contributed by atoms with Crippen LogP contribution in [0.5, 0.6) is 0 Å². The monoisotopic (exact) mass is 378 g/mol. The predicted molar refractivity (Wildman–Crippen MR) is 89.6 cm³/mol. The molecule has 0 saturated heterocycles. The Morgan fingerprint density at radius 3 is 2.65 bits per heavy atom. The zero-order valence-corrected chi connectivity index (χ0v) is 14.5. The quantitative estimate of drug-likeness (QED) is 0.790. The van der Waals surface area contributed by atoms with Gasteiger partial charge in [0.05, 0.1) is 11.6 Å². The van der Waals surface area contributed by atoms with Crippen molar-refractivity contribution < 1.29 is 14.3 Å². The van der Waals surface area contributed by atoms with Crippen LogP contribution in [-0.4, -0.2) is 18.1 Å². The van der Waals surface area contributed by atoms with Crippen molar-refractivity contribution in [2.24, 2.45) is 0 Å². The first kappa shape index (κ1) is 16.1. The molecule has 5 nitrogen and oxygen atoms in total. The van der Waals surface area contributed by atoms with Crippen molar-refractivity contribution in [3.63, 3.8) is 0 Å². The van der Waals surface area contributed by atoms with Crippen molar-refractivity contribution in [2.75, 3.05) is 0 Å². The molecule has 2 aliphatic rings. The van der Waals surface area contributed by atoms with E-state index in [4.69, 9.17) is 4.74 Å². The van der Waals surface area contributed by atoms with E-state index in [9.17, 15) is 9.59 Å². The number of urea groups is 1. The van der Waals surface area contributed by atoms with Gasteiger partial charge in [-0.3, -0.25) is 0 Å². The molecular formula is C17H19BrN2O3. The molecule has 0 unspecified atom stereocenters. The van der Waals surface area contributed by atoms with Gasteiger partial charge in [-0.05, 0) is 44.2 Å². The fourth-order valence-corrected chi connectivity index (χ4v) is 3.64. The van der Waals surface area contributed by atoms with Crippen LogP contribution in [0, 0.1) is 0 Å². The van der Waals surface area contributed by atoms with Gasteiger partial charge in [0.2, 0.25) is 0 Å². The van der Waals surface area contributed by atoms with Crippen molar-refractivity contribution in [1.29, 1.82) is 0 Å². The van der Waals surface area contributed by atoms with Gasteiger partial charge in [-0.25, -0.2) is 9.59 Å². The highest BCUT2D eigenvalue weighted by Gasteiger charge is 2.34. The molecule has 6 heteroatoms. The average molecular weight is 379 g/mol. The molecule has 0 radical (unpaired) electrons. The molecule has 2 N–H and O–H groups in total. The fraction of sp³-hybridized carbons (Fsp3) is 0.412. The second kappa shape index (κ2) is 6.74. The minimum Gasteiger partial charge on any atom is -0.459 e. The van der Waals surface area contributed by atoms with Crippen LogP contribution in [-0.2, 0) is 9.53 Å². The average Bonchev–Trinajstić information content (AvgIpc) is 2.99. The molecule has 1 saturated carbocycles. The highest BCUT2D eigenvalue weighted by atomic mass is 79.9. The molecule has 1 fully saturated rings. The molecule has 1 heterocycles. The highest BCUT2D eigenvalue weighted by Crippen LogP contribution is 2.33. The van der Waals surface area contributed by atoms with E-state index in [-0.39, 0.29) is 18.1 Å². The van der Waals surface area contributed by atoms with E-state index in [0.717, 1.165) is 35.7 Å². The number of rotatable bonds is 3. The zero-order chi connectivity index (χ0) is 16.4. The SMILES string of the molecule is CC1=C(C(=O)OC2CCCC2)[C@@H](c2ccccc2Br)NC(=O)N1. The summed E-state index contributed by atoms with van der Waals surface area (Å²) in [6, 6.07) is 6.71. The van der Waals surface area contributed by atoms with Crippen LogP contribution in [0.3, 0.4) is 0 Å². The van der Waals surface area contributed by atoms with Crippen LogP contribution in [0.1, 0.15) is 44.2 Å². The molecule has 1 aliphatic heterocycles. The van der Waals surface area contributed by atoms with Gasteiger partial charge in [-0.2, -0.15) is 0 Å². The second-order valence-electron chi connectivity index (χ2n) is 5.90. The van der Waals surface area contributed by atoms with Crippen molar-refractivity contribution in [2.45, 2.75) is 44.8 Å². The van der Waals surface area contributed by atoms with E-state index in [1.54, 1.807) is 6.92 Å². The molecule has 1 aromatic rings. The number of carbonyl (C=O) groups excluding carboxylic acids is 2. The Morgan fingerprint density at radius 1 is 1.26 bits per heavy atom. The molecule has 3 rings (SSSR count). The minimum atomic E-state index is -0.520. The summed E-state index contributed by atoms with van der Waals surface area (Å²) in [6.07, 6.45) is 4.01. The van der Waals surface area contributed by atoms with E-state index < -0.39 is 6.04 Å².